The maximum absolute atomic E-state index is 14.4. The number of benzene rings is 1. The molecule has 1 aliphatic rings. The van der Waals surface area contributed by atoms with E-state index in [2.05, 4.69) is 18.0 Å². The van der Waals surface area contributed by atoms with Crippen LogP contribution in [-0.2, 0) is 0 Å². The Bertz CT molecular complexity index is 690. The van der Waals surface area contributed by atoms with E-state index in [1.165, 1.54) is 50.2 Å². The molecule has 0 atom stereocenters. The van der Waals surface area contributed by atoms with Gasteiger partial charge in [-0.1, -0.05) is 32.8 Å². The minimum absolute atomic E-state index is 0.279. The molecule has 0 saturated heterocycles. The molecule has 0 aliphatic heterocycles. The number of halogens is 1. The summed E-state index contributed by atoms with van der Waals surface area (Å²) in [7, 11) is 0. The number of aromatic nitrogens is 1. The Balaban J connectivity index is 1.66. The minimum atomic E-state index is -0.279. The molecule has 140 valence electrons. The van der Waals surface area contributed by atoms with Crippen molar-refractivity contribution < 1.29 is 9.13 Å². The maximum atomic E-state index is 14.4. The summed E-state index contributed by atoms with van der Waals surface area (Å²) in [4.78, 5) is 4.55. The highest BCUT2D eigenvalue weighted by atomic mass is 19.1. The Labute approximate surface area is 156 Å². The number of nitrogens with zero attached hydrogens (tertiary/aromatic N) is 1. The molecule has 3 rings (SSSR count). The van der Waals surface area contributed by atoms with Crippen LogP contribution < -0.4 is 4.74 Å². The summed E-state index contributed by atoms with van der Waals surface area (Å²) in [6, 6.07) is 9.12. The second-order valence-electron chi connectivity index (χ2n) is 7.47. The quantitative estimate of drug-likeness (QED) is 0.548. The smallest absolute Gasteiger partial charge is 0.136 e. The van der Waals surface area contributed by atoms with Crippen molar-refractivity contribution in [3.8, 4) is 17.0 Å². The van der Waals surface area contributed by atoms with Crippen LogP contribution in [0.3, 0.4) is 0 Å². The van der Waals surface area contributed by atoms with Crippen LogP contribution in [-0.4, -0.2) is 11.6 Å². The molecule has 1 aromatic heterocycles. The van der Waals surface area contributed by atoms with Gasteiger partial charge in [0.15, 0.2) is 0 Å². The Kier molecular flexibility index (Phi) is 6.65. The predicted octanol–water partition coefficient (Wildman–Crippen LogP) is 6.75. The average molecular weight is 355 g/mol. The Morgan fingerprint density at radius 2 is 1.85 bits per heavy atom. The van der Waals surface area contributed by atoms with E-state index < -0.39 is 0 Å². The lowest BCUT2D eigenvalue weighted by Gasteiger charge is -2.28. The molecular weight excluding hydrogens is 325 g/mol. The number of hydrogen-bond donors (Lipinski definition) is 0. The van der Waals surface area contributed by atoms with E-state index in [4.69, 9.17) is 4.74 Å². The summed E-state index contributed by atoms with van der Waals surface area (Å²) in [5.74, 6) is 1.82. The Morgan fingerprint density at radius 3 is 2.46 bits per heavy atom. The van der Waals surface area contributed by atoms with Gasteiger partial charge in [-0.25, -0.2) is 4.39 Å². The summed E-state index contributed by atoms with van der Waals surface area (Å²) in [5, 5.41) is 0. The van der Waals surface area contributed by atoms with Gasteiger partial charge in [-0.3, -0.25) is 4.98 Å². The molecule has 1 saturated carbocycles. The van der Waals surface area contributed by atoms with Crippen molar-refractivity contribution in [1.82, 2.24) is 4.98 Å². The van der Waals surface area contributed by atoms with Crippen molar-refractivity contribution in [2.24, 2.45) is 5.92 Å². The second-order valence-corrected chi connectivity index (χ2v) is 7.47. The van der Waals surface area contributed by atoms with Gasteiger partial charge in [0, 0.05) is 17.8 Å². The molecule has 2 nitrogen and oxygen atoms in total. The van der Waals surface area contributed by atoms with Crippen molar-refractivity contribution in [1.29, 1.82) is 0 Å². The minimum Gasteiger partial charge on any atom is -0.494 e. The average Bonchev–Trinajstić information content (AvgIpc) is 2.68. The van der Waals surface area contributed by atoms with Gasteiger partial charge < -0.3 is 4.74 Å². The molecule has 1 aromatic carbocycles. The predicted molar refractivity (Wildman–Crippen MR) is 105 cm³/mol. The first-order valence-corrected chi connectivity index (χ1v) is 10.1. The van der Waals surface area contributed by atoms with E-state index in [0.717, 1.165) is 12.3 Å². The lowest BCUT2D eigenvalue weighted by Crippen LogP contribution is -2.13. The van der Waals surface area contributed by atoms with Crippen molar-refractivity contribution in [3.05, 3.63) is 47.9 Å². The SMILES string of the molecule is CCCOc1ccc(-c2ccc(C3CCC(CCC)CC3)cn2)c(F)c1. The van der Waals surface area contributed by atoms with Crippen LogP contribution in [0.25, 0.3) is 11.3 Å². The first kappa shape index (κ1) is 18.9. The van der Waals surface area contributed by atoms with Crippen molar-refractivity contribution >= 4 is 0 Å². The fourth-order valence-electron chi connectivity index (χ4n) is 4.01. The number of ether oxygens (including phenoxy) is 1. The summed E-state index contributed by atoms with van der Waals surface area (Å²) >= 11 is 0. The van der Waals surface area contributed by atoms with Crippen LogP contribution in [0.2, 0.25) is 0 Å². The highest BCUT2D eigenvalue weighted by molar-refractivity contribution is 5.61. The number of hydrogen-bond acceptors (Lipinski definition) is 2. The van der Waals surface area contributed by atoms with Gasteiger partial charge in [-0.05, 0) is 67.7 Å². The first-order chi connectivity index (χ1) is 12.7. The summed E-state index contributed by atoms with van der Waals surface area (Å²) in [5.41, 5.74) is 2.52. The lowest BCUT2D eigenvalue weighted by molar-refractivity contribution is 0.308. The van der Waals surface area contributed by atoms with E-state index >= 15 is 0 Å². The third-order valence-electron chi connectivity index (χ3n) is 5.49. The van der Waals surface area contributed by atoms with Crippen molar-refractivity contribution in [3.63, 3.8) is 0 Å². The molecule has 1 heterocycles. The van der Waals surface area contributed by atoms with Crippen LogP contribution in [0.5, 0.6) is 5.75 Å². The van der Waals surface area contributed by atoms with Gasteiger partial charge in [0.05, 0.1) is 12.3 Å². The molecule has 0 unspecified atom stereocenters. The third-order valence-corrected chi connectivity index (χ3v) is 5.49. The number of rotatable bonds is 7. The topological polar surface area (TPSA) is 22.1 Å². The highest BCUT2D eigenvalue weighted by Gasteiger charge is 2.22. The fourth-order valence-corrected chi connectivity index (χ4v) is 4.01. The molecule has 0 spiro atoms. The molecule has 26 heavy (non-hydrogen) atoms. The van der Waals surface area contributed by atoms with Crippen molar-refractivity contribution in [2.75, 3.05) is 6.61 Å². The van der Waals surface area contributed by atoms with E-state index in [1.807, 2.05) is 25.3 Å². The van der Waals surface area contributed by atoms with Gasteiger partial charge in [-0.15, -0.1) is 0 Å². The number of pyridine rings is 1. The van der Waals surface area contributed by atoms with E-state index in [0.29, 0.717) is 29.5 Å². The molecule has 0 amide bonds. The van der Waals surface area contributed by atoms with Gasteiger partial charge >= 0.3 is 0 Å². The zero-order chi connectivity index (χ0) is 18.4. The molecule has 1 aliphatic carbocycles. The molecule has 2 aromatic rings. The van der Waals surface area contributed by atoms with Gasteiger partial charge in [-0.2, -0.15) is 0 Å². The van der Waals surface area contributed by atoms with Crippen LogP contribution in [0.4, 0.5) is 4.39 Å². The van der Waals surface area contributed by atoms with Gasteiger partial charge in [0.25, 0.3) is 0 Å². The van der Waals surface area contributed by atoms with E-state index in [-0.39, 0.29) is 5.82 Å². The molecule has 0 N–H and O–H groups in total. The zero-order valence-electron chi connectivity index (χ0n) is 16.0. The normalized spacial score (nSPS) is 20.1. The zero-order valence-corrected chi connectivity index (χ0v) is 16.0. The van der Waals surface area contributed by atoms with Crippen molar-refractivity contribution in [2.45, 2.75) is 64.7 Å². The molecule has 1 fully saturated rings. The molecule has 3 heteroatoms. The van der Waals surface area contributed by atoms with Crippen LogP contribution >= 0.6 is 0 Å². The fraction of sp³-hybridized carbons (Fsp3) is 0.522. The first-order valence-electron chi connectivity index (χ1n) is 10.1. The summed E-state index contributed by atoms with van der Waals surface area (Å²) in [6.45, 7) is 4.91. The maximum Gasteiger partial charge on any atom is 0.136 e. The van der Waals surface area contributed by atoms with E-state index in [1.54, 1.807) is 6.07 Å². The molecule has 0 radical (unpaired) electrons. The molecule has 0 bridgehead atoms. The van der Waals surface area contributed by atoms with Crippen LogP contribution in [0, 0.1) is 11.7 Å². The van der Waals surface area contributed by atoms with Crippen LogP contribution in [0.15, 0.2) is 36.5 Å². The Morgan fingerprint density at radius 1 is 1.04 bits per heavy atom. The summed E-state index contributed by atoms with van der Waals surface area (Å²) < 4.78 is 19.9. The third kappa shape index (κ3) is 4.63. The monoisotopic (exact) mass is 355 g/mol. The van der Waals surface area contributed by atoms with E-state index in [9.17, 15) is 4.39 Å². The largest absolute Gasteiger partial charge is 0.494 e. The Hall–Kier alpha value is -1.90. The summed E-state index contributed by atoms with van der Waals surface area (Å²) in [6.07, 6.45) is 10.7. The van der Waals surface area contributed by atoms with Gasteiger partial charge in [0.2, 0.25) is 0 Å². The highest BCUT2D eigenvalue weighted by Crippen LogP contribution is 2.37. The lowest BCUT2D eigenvalue weighted by atomic mass is 9.77. The van der Waals surface area contributed by atoms with Crippen LogP contribution in [0.1, 0.15) is 70.3 Å². The van der Waals surface area contributed by atoms with Gasteiger partial charge in [0.1, 0.15) is 11.6 Å². The second kappa shape index (κ2) is 9.16. The molecular formula is C23H30FNO. The standard InChI is InChI=1S/C23H30FNO/c1-3-5-17-6-8-18(9-7-17)19-10-13-23(25-16-19)21-12-11-20(15-22(21)24)26-14-4-2/h10-13,15-18H,3-9,14H2,1-2H3.